The average molecular weight is 327 g/mol. The summed E-state index contributed by atoms with van der Waals surface area (Å²) in [4.78, 5) is 14.0. The number of phenolic OH excluding ortho intramolecular Hbond substituents is 1. The standard InChI is InChI=1S/C19H21NO4/c1-23-17-4-2-3-5-18(17)24-16-12-20(13-16)19(22)11-8-14-6-9-15(21)10-7-14/h2-7,9-10,16,21H,8,11-13H2,1H3. The zero-order chi connectivity index (χ0) is 16.9. The first-order valence-electron chi connectivity index (χ1n) is 8.01. The third-order valence-corrected chi connectivity index (χ3v) is 4.13. The van der Waals surface area contributed by atoms with Crippen LogP contribution in [0.4, 0.5) is 0 Å². The van der Waals surface area contributed by atoms with E-state index >= 15 is 0 Å². The molecule has 1 aliphatic heterocycles. The molecule has 2 aromatic carbocycles. The Morgan fingerprint density at radius 3 is 2.46 bits per heavy atom. The number of carbonyl (C=O) groups excluding carboxylic acids is 1. The number of rotatable bonds is 6. The summed E-state index contributed by atoms with van der Waals surface area (Å²) in [5.74, 6) is 1.78. The van der Waals surface area contributed by atoms with Gasteiger partial charge in [-0.25, -0.2) is 0 Å². The monoisotopic (exact) mass is 327 g/mol. The molecule has 0 aliphatic carbocycles. The molecule has 1 N–H and O–H groups in total. The zero-order valence-electron chi connectivity index (χ0n) is 13.6. The number of methoxy groups -OCH3 is 1. The highest BCUT2D eigenvalue weighted by Gasteiger charge is 2.32. The summed E-state index contributed by atoms with van der Waals surface area (Å²) in [5, 5.41) is 9.26. The van der Waals surface area contributed by atoms with Gasteiger partial charge in [-0.1, -0.05) is 24.3 Å². The Bertz CT molecular complexity index is 693. The van der Waals surface area contributed by atoms with Crippen molar-refractivity contribution in [2.45, 2.75) is 18.9 Å². The van der Waals surface area contributed by atoms with Gasteiger partial charge in [0.25, 0.3) is 0 Å². The number of amides is 1. The van der Waals surface area contributed by atoms with E-state index in [9.17, 15) is 9.90 Å². The minimum absolute atomic E-state index is 0.0129. The predicted molar refractivity (Wildman–Crippen MR) is 90.4 cm³/mol. The van der Waals surface area contributed by atoms with Gasteiger partial charge >= 0.3 is 0 Å². The average Bonchev–Trinajstić information content (AvgIpc) is 2.57. The molecule has 2 aromatic rings. The van der Waals surface area contributed by atoms with Gasteiger partial charge in [0.2, 0.25) is 5.91 Å². The number of aromatic hydroxyl groups is 1. The highest BCUT2D eigenvalue weighted by atomic mass is 16.5. The second kappa shape index (κ2) is 7.25. The number of benzene rings is 2. The Balaban J connectivity index is 1.44. The van der Waals surface area contributed by atoms with Crippen molar-refractivity contribution in [2.24, 2.45) is 0 Å². The summed E-state index contributed by atoms with van der Waals surface area (Å²) in [6.07, 6.45) is 1.15. The molecule has 5 nitrogen and oxygen atoms in total. The first-order valence-corrected chi connectivity index (χ1v) is 8.01. The van der Waals surface area contributed by atoms with Crippen LogP contribution in [-0.4, -0.2) is 42.2 Å². The quantitative estimate of drug-likeness (QED) is 0.886. The van der Waals surface area contributed by atoms with Gasteiger partial charge in [0, 0.05) is 6.42 Å². The third kappa shape index (κ3) is 3.79. The molecule has 3 rings (SSSR count). The van der Waals surface area contributed by atoms with Gasteiger partial charge < -0.3 is 19.5 Å². The fraction of sp³-hybridized carbons (Fsp3) is 0.316. The maximum atomic E-state index is 12.2. The lowest BCUT2D eigenvalue weighted by molar-refractivity contribution is -0.139. The number of likely N-dealkylation sites (tertiary alicyclic amines) is 1. The van der Waals surface area contributed by atoms with Gasteiger partial charge in [-0.15, -0.1) is 0 Å². The van der Waals surface area contributed by atoms with Crippen LogP contribution in [0.1, 0.15) is 12.0 Å². The minimum atomic E-state index is 0.0129. The lowest BCUT2D eigenvalue weighted by Crippen LogP contribution is -2.56. The fourth-order valence-corrected chi connectivity index (χ4v) is 2.68. The van der Waals surface area contributed by atoms with Crippen molar-refractivity contribution in [3.8, 4) is 17.2 Å². The van der Waals surface area contributed by atoms with Crippen molar-refractivity contribution in [1.29, 1.82) is 0 Å². The summed E-state index contributed by atoms with van der Waals surface area (Å²) in [6, 6.07) is 14.5. The molecule has 24 heavy (non-hydrogen) atoms. The zero-order valence-corrected chi connectivity index (χ0v) is 13.6. The molecule has 1 saturated heterocycles. The molecule has 1 amide bonds. The second-order valence-corrected chi connectivity index (χ2v) is 5.86. The SMILES string of the molecule is COc1ccccc1OC1CN(C(=O)CCc2ccc(O)cc2)C1. The highest BCUT2D eigenvalue weighted by molar-refractivity contribution is 5.77. The molecule has 126 valence electrons. The van der Waals surface area contributed by atoms with Crippen molar-refractivity contribution in [1.82, 2.24) is 4.90 Å². The molecular formula is C19H21NO4. The Morgan fingerprint density at radius 2 is 1.79 bits per heavy atom. The number of nitrogens with zero attached hydrogens (tertiary/aromatic N) is 1. The van der Waals surface area contributed by atoms with Gasteiger partial charge in [-0.05, 0) is 36.2 Å². The van der Waals surface area contributed by atoms with E-state index in [4.69, 9.17) is 9.47 Å². The summed E-state index contributed by atoms with van der Waals surface area (Å²) in [7, 11) is 1.61. The van der Waals surface area contributed by atoms with Crippen LogP contribution in [0.15, 0.2) is 48.5 Å². The number of aryl methyl sites for hydroxylation is 1. The van der Waals surface area contributed by atoms with E-state index in [0.29, 0.717) is 37.4 Å². The van der Waals surface area contributed by atoms with E-state index < -0.39 is 0 Å². The first kappa shape index (κ1) is 16.2. The number of ether oxygens (including phenoxy) is 2. The van der Waals surface area contributed by atoms with E-state index in [1.165, 1.54) is 0 Å². The van der Waals surface area contributed by atoms with E-state index in [1.54, 1.807) is 24.1 Å². The molecule has 0 saturated carbocycles. The third-order valence-electron chi connectivity index (χ3n) is 4.13. The van der Waals surface area contributed by atoms with Crippen LogP contribution >= 0.6 is 0 Å². The van der Waals surface area contributed by atoms with Crippen LogP contribution in [0.3, 0.4) is 0 Å². The highest BCUT2D eigenvalue weighted by Crippen LogP contribution is 2.28. The number of phenols is 1. The number of para-hydroxylation sites is 2. The minimum Gasteiger partial charge on any atom is -0.508 e. The molecule has 1 heterocycles. The number of hydrogen-bond acceptors (Lipinski definition) is 4. The van der Waals surface area contributed by atoms with Crippen LogP contribution in [0.5, 0.6) is 17.2 Å². The molecule has 1 fully saturated rings. The molecule has 0 radical (unpaired) electrons. The first-order chi connectivity index (χ1) is 11.7. The van der Waals surface area contributed by atoms with Gasteiger partial charge in [0.1, 0.15) is 11.9 Å². The fourth-order valence-electron chi connectivity index (χ4n) is 2.68. The Hall–Kier alpha value is -2.69. The molecule has 0 aromatic heterocycles. The molecule has 0 atom stereocenters. The van der Waals surface area contributed by atoms with Gasteiger partial charge in [0.05, 0.1) is 20.2 Å². The van der Waals surface area contributed by atoms with Crippen molar-refractivity contribution in [3.05, 3.63) is 54.1 Å². The summed E-state index contributed by atoms with van der Waals surface area (Å²) in [6.45, 7) is 1.21. The maximum absolute atomic E-state index is 12.2. The molecule has 0 unspecified atom stereocenters. The van der Waals surface area contributed by atoms with E-state index in [-0.39, 0.29) is 17.8 Å². The molecule has 0 bridgehead atoms. The second-order valence-electron chi connectivity index (χ2n) is 5.86. The van der Waals surface area contributed by atoms with Crippen LogP contribution in [0.2, 0.25) is 0 Å². The molecule has 0 spiro atoms. The molecule has 5 heteroatoms. The normalized spacial score (nSPS) is 14.1. The molecular weight excluding hydrogens is 306 g/mol. The van der Waals surface area contributed by atoms with E-state index in [1.807, 2.05) is 36.4 Å². The summed E-state index contributed by atoms with van der Waals surface area (Å²) < 4.78 is 11.1. The Kier molecular flexibility index (Phi) is 4.89. The lowest BCUT2D eigenvalue weighted by atomic mass is 10.1. The van der Waals surface area contributed by atoms with Crippen LogP contribution in [0.25, 0.3) is 0 Å². The van der Waals surface area contributed by atoms with Crippen LogP contribution < -0.4 is 9.47 Å². The number of carbonyl (C=O) groups is 1. The smallest absolute Gasteiger partial charge is 0.223 e. The van der Waals surface area contributed by atoms with Gasteiger partial charge in [0.15, 0.2) is 11.5 Å². The Labute approximate surface area is 141 Å². The van der Waals surface area contributed by atoms with Crippen molar-refractivity contribution in [2.75, 3.05) is 20.2 Å². The largest absolute Gasteiger partial charge is 0.508 e. The topological polar surface area (TPSA) is 59.0 Å². The Morgan fingerprint density at radius 1 is 1.12 bits per heavy atom. The number of hydrogen-bond donors (Lipinski definition) is 1. The summed E-state index contributed by atoms with van der Waals surface area (Å²) in [5.41, 5.74) is 1.04. The maximum Gasteiger partial charge on any atom is 0.223 e. The lowest BCUT2D eigenvalue weighted by Gasteiger charge is -2.39. The van der Waals surface area contributed by atoms with Gasteiger partial charge in [-0.2, -0.15) is 0 Å². The predicted octanol–water partition coefficient (Wildman–Crippen LogP) is 2.62. The molecule has 1 aliphatic rings. The summed E-state index contributed by atoms with van der Waals surface area (Å²) >= 11 is 0. The van der Waals surface area contributed by atoms with Crippen molar-refractivity contribution >= 4 is 5.91 Å². The van der Waals surface area contributed by atoms with Crippen LogP contribution in [0, 0.1) is 0 Å². The van der Waals surface area contributed by atoms with Gasteiger partial charge in [-0.3, -0.25) is 4.79 Å². The van der Waals surface area contributed by atoms with Crippen molar-refractivity contribution < 1.29 is 19.4 Å². The van der Waals surface area contributed by atoms with E-state index in [2.05, 4.69) is 0 Å². The van der Waals surface area contributed by atoms with Crippen molar-refractivity contribution in [3.63, 3.8) is 0 Å². The van der Waals surface area contributed by atoms with Crippen LogP contribution in [-0.2, 0) is 11.2 Å². The van der Waals surface area contributed by atoms with E-state index in [0.717, 1.165) is 5.56 Å².